The second-order valence-corrected chi connectivity index (χ2v) is 7.59. The molecule has 0 aliphatic heterocycles. The van der Waals surface area contributed by atoms with Gasteiger partial charge in [0.05, 0.1) is 5.56 Å². The molecule has 0 radical (unpaired) electrons. The average molecular weight is 359 g/mol. The number of hydrogen-bond acceptors (Lipinski definition) is 1. The van der Waals surface area contributed by atoms with Crippen LogP contribution >= 0.6 is 0 Å². The van der Waals surface area contributed by atoms with E-state index in [0.717, 1.165) is 23.3 Å². The van der Waals surface area contributed by atoms with Gasteiger partial charge >= 0.3 is 6.18 Å². The zero-order chi connectivity index (χ0) is 19.3. The minimum atomic E-state index is -4.47. The Bertz CT molecular complexity index is 1040. The highest BCUT2D eigenvalue weighted by Gasteiger charge is 2.30. The Kier molecular flexibility index (Phi) is 4.21. The number of pyridine rings is 1. The molecule has 0 saturated heterocycles. The van der Waals surface area contributed by atoms with Crippen molar-refractivity contribution in [3.63, 3.8) is 0 Å². The molecule has 3 aromatic rings. The Labute approximate surface area is 149 Å². The van der Waals surface area contributed by atoms with Crippen LogP contribution in [0, 0.1) is 6.92 Å². The third kappa shape index (κ3) is 3.39. The predicted molar refractivity (Wildman–Crippen MR) is 98.4 cm³/mol. The molecule has 0 unspecified atom stereocenters. The first-order valence-corrected chi connectivity index (χ1v) is 8.32. The van der Waals surface area contributed by atoms with Crippen LogP contribution in [0.2, 0.25) is 0 Å². The van der Waals surface area contributed by atoms with Crippen LogP contribution in [0.4, 0.5) is 13.2 Å². The third-order valence-corrected chi connectivity index (χ3v) is 4.54. The quantitative estimate of drug-likeness (QED) is 0.583. The van der Waals surface area contributed by atoms with Crippen molar-refractivity contribution >= 4 is 10.9 Å². The summed E-state index contributed by atoms with van der Waals surface area (Å²) in [6, 6.07) is 10.6. The number of aromatic nitrogens is 1. The summed E-state index contributed by atoms with van der Waals surface area (Å²) < 4.78 is 38.6. The van der Waals surface area contributed by atoms with E-state index in [-0.39, 0.29) is 10.8 Å². The number of benzene rings is 2. The van der Waals surface area contributed by atoms with E-state index in [2.05, 4.69) is 31.8 Å². The normalized spacial score (nSPS) is 12.6. The molecule has 5 heteroatoms. The lowest BCUT2D eigenvalue weighted by Crippen LogP contribution is -2.11. The fourth-order valence-corrected chi connectivity index (χ4v) is 3.00. The van der Waals surface area contributed by atoms with E-state index in [1.54, 1.807) is 0 Å². The molecule has 0 amide bonds. The van der Waals surface area contributed by atoms with Crippen molar-refractivity contribution in [2.45, 2.75) is 39.3 Å². The van der Waals surface area contributed by atoms with Gasteiger partial charge in [-0.15, -0.1) is 0 Å². The number of H-pyrrole nitrogens is 1. The standard InChI is InChI=1S/C21H20F3NO/c1-12-9-13(20(2,3)4)5-7-15(12)18-11-19(26)16-10-14(21(22,23)24)6-8-17(16)25-18/h5-11H,1-4H3,(H,25,26). The van der Waals surface area contributed by atoms with Gasteiger partial charge in [-0.3, -0.25) is 4.79 Å². The summed E-state index contributed by atoms with van der Waals surface area (Å²) in [4.78, 5) is 15.5. The zero-order valence-electron chi connectivity index (χ0n) is 15.1. The Balaban J connectivity index is 2.14. The highest BCUT2D eigenvalue weighted by molar-refractivity contribution is 5.82. The first kappa shape index (κ1) is 18.2. The van der Waals surface area contributed by atoms with E-state index in [9.17, 15) is 18.0 Å². The molecule has 26 heavy (non-hydrogen) atoms. The minimum Gasteiger partial charge on any atom is -0.354 e. The minimum absolute atomic E-state index is 0.00802. The van der Waals surface area contributed by atoms with Crippen molar-refractivity contribution < 1.29 is 13.2 Å². The molecule has 136 valence electrons. The summed E-state index contributed by atoms with van der Waals surface area (Å²) >= 11 is 0. The summed E-state index contributed by atoms with van der Waals surface area (Å²) in [5, 5.41) is 0.0348. The van der Waals surface area contributed by atoms with E-state index >= 15 is 0 Å². The molecule has 0 fully saturated rings. The molecule has 1 heterocycles. The summed E-state index contributed by atoms with van der Waals surface area (Å²) in [6.07, 6.45) is -4.47. The van der Waals surface area contributed by atoms with E-state index in [0.29, 0.717) is 11.2 Å². The van der Waals surface area contributed by atoms with Crippen LogP contribution in [0.15, 0.2) is 47.3 Å². The molecule has 0 aliphatic carbocycles. The SMILES string of the molecule is Cc1cc(C(C)(C)C)ccc1-c1cc(=O)c2cc(C(F)(F)F)ccc2[nH]1. The number of aryl methyl sites for hydroxylation is 1. The Morgan fingerprint density at radius 1 is 0.885 bits per heavy atom. The lowest BCUT2D eigenvalue weighted by atomic mass is 9.85. The van der Waals surface area contributed by atoms with Crippen LogP contribution < -0.4 is 5.43 Å². The number of hydrogen-bond donors (Lipinski definition) is 1. The summed E-state index contributed by atoms with van der Waals surface area (Å²) in [6.45, 7) is 8.33. The number of fused-ring (bicyclic) bond motifs is 1. The zero-order valence-corrected chi connectivity index (χ0v) is 15.1. The third-order valence-electron chi connectivity index (χ3n) is 4.54. The second kappa shape index (κ2) is 6.01. The number of rotatable bonds is 1. The Morgan fingerprint density at radius 3 is 2.12 bits per heavy atom. The van der Waals surface area contributed by atoms with E-state index in [4.69, 9.17) is 0 Å². The molecule has 2 nitrogen and oxygen atoms in total. The van der Waals surface area contributed by atoms with Crippen LogP contribution in [0.25, 0.3) is 22.2 Å². The van der Waals surface area contributed by atoms with Crippen molar-refractivity contribution in [1.82, 2.24) is 4.98 Å². The topological polar surface area (TPSA) is 32.9 Å². The highest BCUT2D eigenvalue weighted by atomic mass is 19.4. The number of halogens is 3. The van der Waals surface area contributed by atoms with Gasteiger partial charge in [-0.2, -0.15) is 13.2 Å². The maximum absolute atomic E-state index is 12.9. The molecular formula is C21H20F3NO. The molecule has 1 N–H and O–H groups in total. The van der Waals surface area contributed by atoms with E-state index < -0.39 is 17.2 Å². The second-order valence-electron chi connectivity index (χ2n) is 7.59. The maximum atomic E-state index is 12.9. The van der Waals surface area contributed by atoms with Crippen molar-refractivity contribution in [3.05, 3.63) is 69.4 Å². The van der Waals surface area contributed by atoms with Crippen LogP contribution in [-0.2, 0) is 11.6 Å². The number of nitrogens with one attached hydrogen (secondary N) is 1. The molecule has 1 aromatic heterocycles. The van der Waals surface area contributed by atoms with Gasteiger partial charge in [0, 0.05) is 28.2 Å². The van der Waals surface area contributed by atoms with Crippen LogP contribution in [0.3, 0.4) is 0 Å². The van der Waals surface area contributed by atoms with Crippen molar-refractivity contribution in [2.24, 2.45) is 0 Å². The number of aromatic amines is 1. The lowest BCUT2D eigenvalue weighted by Gasteiger charge is -2.20. The van der Waals surface area contributed by atoms with Gasteiger partial charge in [-0.1, -0.05) is 39.0 Å². The molecule has 0 atom stereocenters. The summed E-state index contributed by atoms with van der Waals surface area (Å²) in [7, 11) is 0. The Hall–Kier alpha value is -2.56. The first-order valence-electron chi connectivity index (χ1n) is 8.32. The van der Waals surface area contributed by atoms with Gasteiger partial charge in [0.1, 0.15) is 0 Å². The van der Waals surface area contributed by atoms with Crippen molar-refractivity contribution in [3.8, 4) is 11.3 Å². The molecule has 0 bridgehead atoms. The fourth-order valence-electron chi connectivity index (χ4n) is 3.00. The first-order chi connectivity index (χ1) is 12.0. The monoisotopic (exact) mass is 359 g/mol. The molecule has 2 aromatic carbocycles. The maximum Gasteiger partial charge on any atom is 0.416 e. The number of alkyl halides is 3. The molecule has 0 spiro atoms. The van der Waals surface area contributed by atoms with Crippen molar-refractivity contribution in [2.75, 3.05) is 0 Å². The van der Waals surface area contributed by atoms with Gasteiger partial charge in [-0.25, -0.2) is 0 Å². The van der Waals surface area contributed by atoms with E-state index in [1.165, 1.54) is 17.7 Å². The fraction of sp³-hybridized carbons (Fsp3) is 0.286. The van der Waals surface area contributed by atoms with Crippen molar-refractivity contribution in [1.29, 1.82) is 0 Å². The molecular weight excluding hydrogens is 339 g/mol. The van der Waals surface area contributed by atoms with Crippen LogP contribution in [0.1, 0.15) is 37.5 Å². The smallest absolute Gasteiger partial charge is 0.354 e. The average Bonchev–Trinajstić information content (AvgIpc) is 2.52. The highest BCUT2D eigenvalue weighted by Crippen LogP contribution is 2.32. The molecule has 3 rings (SSSR count). The van der Waals surface area contributed by atoms with Gasteiger partial charge in [0.15, 0.2) is 5.43 Å². The molecule has 0 aliphatic rings. The predicted octanol–water partition coefficient (Wildman–Crippen LogP) is 5.82. The Morgan fingerprint density at radius 2 is 1.54 bits per heavy atom. The van der Waals surface area contributed by atoms with Gasteiger partial charge in [0.2, 0.25) is 0 Å². The van der Waals surface area contributed by atoms with Gasteiger partial charge < -0.3 is 4.98 Å². The molecule has 0 saturated carbocycles. The summed E-state index contributed by atoms with van der Waals surface area (Å²) in [5.41, 5.74) is 2.77. The van der Waals surface area contributed by atoms with Crippen LogP contribution in [0.5, 0.6) is 0 Å². The summed E-state index contributed by atoms with van der Waals surface area (Å²) in [5.74, 6) is 0. The largest absolute Gasteiger partial charge is 0.416 e. The van der Waals surface area contributed by atoms with Gasteiger partial charge in [0.25, 0.3) is 0 Å². The van der Waals surface area contributed by atoms with Crippen LogP contribution in [-0.4, -0.2) is 4.98 Å². The van der Waals surface area contributed by atoms with E-state index in [1.807, 2.05) is 19.1 Å². The van der Waals surface area contributed by atoms with Gasteiger partial charge in [-0.05, 0) is 41.7 Å². The lowest BCUT2D eigenvalue weighted by molar-refractivity contribution is -0.137.